The molecule has 30 heavy (non-hydrogen) atoms. The molecular weight excluding hydrogens is 420 g/mol. The molecule has 1 aromatic carbocycles. The zero-order valence-corrected chi connectivity index (χ0v) is 16.6. The number of carboxylic acid groups (broad SMARTS) is 1. The molecule has 2 aromatic rings. The summed E-state index contributed by atoms with van der Waals surface area (Å²) in [6, 6.07) is 1.80. The second-order valence-electron chi connectivity index (χ2n) is 6.89. The number of hydrogen-bond donors (Lipinski definition) is 2. The van der Waals surface area contributed by atoms with E-state index in [1.54, 1.807) is 0 Å². The van der Waals surface area contributed by atoms with Crippen LogP contribution in [0.15, 0.2) is 24.4 Å². The van der Waals surface area contributed by atoms with Crippen molar-refractivity contribution in [3.05, 3.63) is 52.7 Å². The number of fused-ring (bicyclic) bond motifs is 1. The highest BCUT2D eigenvalue weighted by atomic mass is 35.5. The summed E-state index contributed by atoms with van der Waals surface area (Å²) in [5, 5.41) is 8.90. The van der Waals surface area contributed by atoms with Crippen molar-refractivity contribution in [1.82, 2.24) is 9.88 Å². The van der Waals surface area contributed by atoms with Gasteiger partial charge >= 0.3 is 5.97 Å². The summed E-state index contributed by atoms with van der Waals surface area (Å²) in [6.07, 6.45) is 0.699. The molecule has 0 aliphatic carbocycles. The van der Waals surface area contributed by atoms with Crippen molar-refractivity contribution in [3.63, 3.8) is 0 Å². The molecule has 10 heteroatoms. The number of carbonyl (C=O) groups is 3. The Labute approximate surface area is 175 Å². The highest BCUT2D eigenvalue weighted by molar-refractivity contribution is 6.17. The van der Waals surface area contributed by atoms with Crippen LogP contribution in [0.1, 0.15) is 47.3 Å². The van der Waals surface area contributed by atoms with Crippen molar-refractivity contribution >= 4 is 29.4 Å². The fourth-order valence-electron chi connectivity index (χ4n) is 3.69. The minimum absolute atomic E-state index is 0.000712. The summed E-state index contributed by atoms with van der Waals surface area (Å²) < 4.78 is 30.1. The number of rotatable bonds is 7. The molecule has 0 saturated heterocycles. The van der Waals surface area contributed by atoms with Crippen molar-refractivity contribution in [2.75, 3.05) is 0 Å². The molecule has 3 rings (SSSR count). The van der Waals surface area contributed by atoms with E-state index < -0.39 is 47.9 Å². The van der Waals surface area contributed by atoms with Crippen molar-refractivity contribution in [2.24, 2.45) is 5.73 Å². The predicted molar refractivity (Wildman–Crippen MR) is 104 cm³/mol. The Morgan fingerprint density at radius 3 is 2.53 bits per heavy atom. The quantitative estimate of drug-likeness (QED) is 0.646. The maximum absolute atomic E-state index is 15.4. The van der Waals surface area contributed by atoms with Gasteiger partial charge in [-0.2, -0.15) is 0 Å². The molecule has 2 amide bonds. The monoisotopic (exact) mass is 437 g/mol. The van der Waals surface area contributed by atoms with Gasteiger partial charge in [0, 0.05) is 34.9 Å². The molecule has 3 N–H and O–H groups in total. The summed E-state index contributed by atoms with van der Waals surface area (Å²) in [7, 11) is 0. The Morgan fingerprint density at radius 2 is 1.93 bits per heavy atom. The lowest BCUT2D eigenvalue weighted by molar-refractivity contribution is -0.137. The highest BCUT2D eigenvalue weighted by Crippen LogP contribution is 2.40. The molecule has 1 unspecified atom stereocenters. The molecule has 7 nitrogen and oxygen atoms in total. The fraction of sp³-hybridized carbons (Fsp3) is 0.300. The van der Waals surface area contributed by atoms with Crippen LogP contribution in [0.4, 0.5) is 8.78 Å². The van der Waals surface area contributed by atoms with Crippen molar-refractivity contribution in [2.45, 2.75) is 37.7 Å². The fourth-order valence-corrected chi connectivity index (χ4v) is 3.90. The molecule has 0 bridgehead atoms. The van der Waals surface area contributed by atoms with Gasteiger partial charge in [0.1, 0.15) is 17.6 Å². The molecule has 2 heterocycles. The smallest absolute Gasteiger partial charge is 0.303 e. The van der Waals surface area contributed by atoms with Crippen molar-refractivity contribution < 1.29 is 28.3 Å². The van der Waals surface area contributed by atoms with Crippen LogP contribution in [0.5, 0.6) is 0 Å². The van der Waals surface area contributed by atoms with Gasteiger partial charge in [-0.05, 0) is 31.5 Å². The Kier molecular flexibility index (Phi) is 6.02. The van der Waals surface area contributed by atoms with E-state index in [1.165, 1.54) is 31.3 Å². The normalized spacial score (nSPS) is 16.5. The summed E-state index contributed by atoms with van der Waals surface area (Å²) in [4.78, 5) is 40.6. The van der Waals surface area contributed by atoms with Gasteiger partial charge in [-0.25, -0.2) is 8.78 Å². The number of primary amides is 1. The molecular formula is C20H18ClF2N3O4. The first-order valence-electron chi connectivity index (χ1n) is 9.04. The molecule has 0 radical (unpaired) electrons. The summed E-state index contributed by atoms with van der Waals surface area (Å²) in [5.41, 5.74) is 5.10. The number of hydrogen-bond acceptors (Lipinski definition) is 4. The summed E-state index contributed by atoms with van der Waals surface area (Å²) in [5.74, 6) is -4.45. The Bertz CT molecular complexity index is 1050. The average molecular weight is 438 g/mol. The van der Waals surface area contributed by atoms with Gasteiger partial charge in [0.25, 0.3) is 5.91 Å². The third-order valence-electron chi connectivity index (χ3n) is 5.14. The zero-order valence-electron chi connectivity index (χ0n) is 15.9. The Hall–Kier alpha value is -3.07. The van der Waals surface area contributed by atoms with E-state index in [0.717, 1.165) is 4.90 Å². The third kappa shape index (κ3) is 3.60. The lowest BCUT2D eigenvalue weighted by Gasteiger charge is -2.29. The number of aromatic nitrogens is 1. The number of nitrogens with two attached hydrogens (primary N) is 1. The molecule has 1 aliphatic heterocycles. The number of carboxylic acids is 1. The number of carbonyl (C=O) groups excluding carboxylic acids is 2. The Balaban J connectivity index is 2.07. The molecule has 1 aromatic heterocycles. The van der Waals surface area contributed by atoms with Crippen LogP contribution in [0, 0.1) is 11.6 Å². The second-order valence-corrected chi connectivity index (χ2v) is 7.16. The first-order chi connectivity index (χ1) is 14.2. The number of aliphatic carboxylic acids is 1. The van der Waals surface area contributed by atoms with Crippen LogP contribution in [0.25, 0.3) is 11.3 Å². The van der Waals surface area contributed by atoms with Crippen LogP contribution in [-0.4, -0.2) is 38.8 Å². The maximum Gasteiger partial charge on any atom is 0.303 e. The zero-order chi connectivity index (χ0) is 22.2. The molecule has 158 valence electrons. The topological polar surface area (TPSA) is 114 Å². The van der Waals surface area contributed by atoms with E-state index in [9.17, 15) is 18.8 Å². The van der Waals surface area contributed by atoms with E-state index in [2.05, 4.69) is 4.98 Å². The van der Waals surface area contributed by atoms with Crippen LogP contribution in [-0.2, 0) is 15.5 Å². The summed E-state index contributed by atoms with van der Waals surface area (Å²) >= 11 is 5.70. The van der Waals surface area contributed by atoms with Crippen molar-refractivity contribution in [3.8, 4) is 11.3 Å². The van der Waals surface area contributed by atoms with Gasteiger partial charge in [0.05, 0.1) is 11.9 Å². The maximum atomic E-state index is 15.4. The van der Waals surface area contributed by atoms with E-state index in [4.69, 9.17) is 22.4 Å². The van der Waals surface area contributed by atoms with E-state index >= 15 is 4.39 Å². The minimum Gasteiger partial charge on any atom is -0.481 e. The first-order valence-corrected chi connectivity index (χ1v) is 9.58. The largest absolute Gasteiger partial charge is 0.481 e. The number of nitrogens with zero attached hydrogens (tertiary/aromatic N) is 2. The SMILES string of the molecule is C[C@@H]1c2c(ccc(-c3nccc(CCl)c3F)c2F)C(=O)N1C(CCC(=O)O)C(N)=O. The molecule has 0 saturated carbocycles. The van der Waals surface area contributed by atoms with Gasteiger partial charge in [0.2, 0.25) is 5.91 Å². The van der Waals surface area contributed by atoms with Gasteiger partial charge in [-0.1, -0.05) is 0 Å². The van der Waals surface area contributed by atoms with E-state index in [0.29, 0.717) is 0 Å². The van der Waals surface area contributed by atoms with Crippen LogP contribution < -0.4 is 5.73 Å². The average Bonchev–Trinajstić information content (AvgIpc) is 2.94. The molecule has 1 aliphatic rings. The van der Waals surface area contributed by atoms with Gasteiger partial charge in [-0.15, -0.1) is 11.6 Å². The summed E-state index contributed by atoms with van der Waals surface area (Å²) in [6.45, 7) is 1.49. The first kappa shape index (κ1) is 21.6. The predicted octanol–water partition coefficient (Wildman–Crippen LogP) is 3.00. The molecule has 0 spiro atoms. The van der Waals surface area contributed by atoms with Crippen LogP contribution in [0.3, 0.4) is 0 Å². The second kappa shape index (κ2) is 8.35. The van der Waals surface area contributed by atoms with Gasteiger partial charge in [-0.3, -0.25) is 19.4 Å². The Morgan fingerprint density at radius 1 is 1.27 bits per heavy atom. The number of pyridine rings is 1. The van der Waals surface area contributed by atoms with E-state index in [-0.39, 0.29) is 40.2 Å². The minimum atomic E-state index is -1.23. The van der Waals surface area contributed by atoms with Crippen LogP contribution in [0.2, 0.25) is 0 Å². The molecule has 0 fully saturated rings. The van der Waals surface area contributed by atoms with E-state index in [1.807, 2.05) is 0 Å². The number of alkyl halides is 1. The third-order valence-corrected chi connectivity index (χ3v) is 5.43. The van der Waals surface area contributed by atoms with Gasteiger partial charge in [0.15, 0.2) is 5.82 Å². The van der Waals surface area contributed by atoms with Gasteiger partial charge < -0.3 is 15.7 Å². The standard InChI is InChI=1S/C20H18ClF2N3O4/c1-9-15-11(20(30)26(9)13(19(24)29)4-5-14(27)28)2-3-12(17(15)23)18-16(22)10(8-21)6-7-25-18/h2-3,6-7,9,13H,4-5,8H2,1H3,(H2,24,29)(H,27,28)/t9-,13?/m1/s1. The number of amides is 2. The van der Waals surface area contributed by atoms with Crippen molar-refractivity contribution in [1.29, 1.82) is 0 Å². The lowest BCUT2D eigenvalue weighted by Crippen LogP contribution is -2.46. The number of benzene rings is 1. The van der Waals surface area contributed by atoms with Crippen LogP contribution >= 0.6 is 11.6 Å². The number of halogens is 3. The lowest BCUT2D eigenvalue weighted by atomic mass is 9.98. The highest BCUT2D eigenvalue weighted by Gasteiger charge is 2.43. The molecule has 2 atom stereocenters.